The third-order valence-corrected chi connectivity index (χ3v) is 8.40. The van der Waals surface area contributed by atoms with Crippen LogP contribution in [0.1, 0.15) is 68.8 Å². The standard InChI is InChI=1S/C31H41N5O2S/c1-4-6-8-12-25-16-18-27(19-17-25)30(38)36-21-20-34(23-24(36)3)28(37)15-11-22-39-31-33-32-29(35(31)5-2)26-13-9-7-10-14-26/h7,9-10,13-14,16-19,24H,4-6,8,11-12,15,20-23H2,1-3H3. The van der Waals surface area contributed by atoms with E-state index in [-0.39, 0.29) is 17.9 Å². The van der Waals surface area contributed by atoms with Crippen molar-refractivity contribution < 1.29 is 9.59 Å². The smallest absolute Gasteiger partial charge is 0.254 e. The fourth-order valence-corrected chi connectivity index (χ4v) is 6.01. The first-order chi connectivity index (χ1) is 19.0. The van der Waals surface area contributed by atoms with Crippen molar-refractivity contribution in [3.8, 4) is 11.4 Å². The Labute approximate surface area is 237 Å². The maximum atomic E-state index is 13.2. The molecule has 208 valence electrons. The molecule has 1 aliphatic rings. The fourth-order valence-electron chi connectivity index (χ4n) is 5.07. The van der Waals surface area contributed by atoms with Crippen LogP contribution in [0.4, 0.5) is 0 Å². The average Bonchev–Trinajstić information content (AvgIpc) is 3.38. The van der Waals surface area contributed by atoms with Gasteiger partial charge in [0.05, 0.1) is 0 Å². The van der Waals surface area contributed by atoms with E-state index in [0.717, 1.165) is 47.2 Å². The van der Waals surface area contributed by atoms with Gasteiger partial charge in [0.2, 0.25) is 5.91 Å². The summed E-state index contributed by atoms with van der Waals surface area (Å²) in [5.74, 6) is 1.90. The van der Waals surface area contributed by atoms with Crippen molar-refractivity contribution in [2.75, 3.05) is 25.4 Å². The number of piperazine rings is 1. The Morgan fingerprint density at radius 1 is 0.949 bits per heavy atom. The van der Waals surface area contributed by atoms with Crippen LogP contribution in [0.2, 0.25) is 0 Å². The molecule has 0 bridgehead atoms. The van der Waals surface area contributed by atoms with Crippen LogP contribution >= 0.6 is 11.8 Å². The van der Waals surface area contributed by atoms with Gasteiger partial charge in [0, 0.05) is 55.5 Å². The number of aromatic nitrogens is 3. The highest BCUT2D eigenvalue weighted by atomic mass is 32.2. The molecule has 0 N–H and O–H groups in total. The first-order valence-corrected chi connectivity index (χ1v) is 15.3. The molecule has 3 aromatic rings. The molecule has 0 aliphatic carbocycles. The molecule has 1 atom stereocenters. The highest BCUT2D eigenvalue weighted by molar-refractivity contribution is 7.99. The molecule has 1 unspecified atom stereocenters. The molecule has 0 saturated carbocycles. The molecule has 2 aromatic carbocycles. The summed E-state index contributed by atoms with van der Waals surface area (Å²) >= 11 is 1.65. The van der Waals surface area contributed by atoms with Gasteiger partial charge in [-0.25, -0.2) is 0 Å². The topological polar surface area (TPSA) is 71.3 Å². The van der Waals surface area contributed by atoms with Crippen molar-refractivity contribution in [3.05, 3.63) is 65.7 Å². The molecule has 8 heteroatoms. The highest BCUT2D eigenvalue weighted by Gasteiger charge is 2.30. The number of rotatable bonds is 12. The number of unbranched alkanes of at least 4 members (excludes halogenated alkanes) is 2. The van der Waals surface area contributed by atoms with Gasteiger partial charge in [0.15, 0.2) is 11.0 Å². The molecule has 1 aromatic heterocycles. The quantitative estimate of drug-likeness (QED) is 0.207. The SMILES string of the molecule is CCCCCc1ccc(C(=O)N2CCN(C(=O)CCCSc3nnc(-c4ccccc4)n3CC)CC2C)cc1. The van der Waals surface area contributed by atoms with E-state index >= 15 is 0 Å². The Kier molecular flexibility index (Phi) is 10.6. The van der Waals surface area contributed by atoms with Gasteiger partial charge in [-0.1, -0.05) is 74.0 Å². The Hall–Kier alpha value is -3.13. The monoisotopic (exact) mass is 547 g/mol. The Morgan fingerprint density at radius 2 is 1.72 bits per heavy atom. The second-order valence-electron chi connectivity index (χ2n) is 10.2. The largest absolute Gasteiger partial charge is 0.339 e. The first kappa shape index (κ1) is 28.9. The van der Waals surface area contributed by atoms with Crippen LogP contribution in [-0.2, 0) is 17.8 Å². The molecule has 1 fully saturated rings. The predicted octanol–water partition coefficient (Wildman–Crippen LogP) is 5.94. The lowest BCUT2D eigenvalue weighted by atomic mass is 10.0. The summed E-state index contributed by atoms with van der Waals surface area (Å²) in [5.41, 5.74) is 3.07. The third kappa shape index (κ3) is 7.50. The molecule has 7 nitrogen and oxygen atoms in total. The van der Waals surface area contributed by atoms with E-state index < -0.39 is 0 Å². The van der Waals surface area contributed by atoms with Crippen LogP contribution in [0.15, 0.2) is 59.8 Å². The zero-order chi connectivity index (χ0) is 27.6. The minimum Gasteiger partial charge on any atom is -0.339 e. The Bertz CT molecular complexity index is 1210. The number of thioether (sulfide) groups is 1. The number of hydrogen-bond acceptors (Lipinski definition) is 5. The number of benzene rings is 2. The van der Waals surface area contributed by atoms with E-state index in [1.165, 1.54) is 24.8 Å². The van der Waals surface area contributed by atoms with Gasteiger partial charge in [-0.2, -0.15) is 0 Å². The summed E-state index contributed by atoms with van der Waals surface area (Å²) < 4.78 is 2.12. The van der Waals surface area contributed by atoms with Crippen LogP contribution in [-0.4, -0.2) is 67.8 Å². The summed E-state index contributed by atoms with van der Waals surface area (Å²) in [6.45, 7) is 8.87. The van der Waals surface area contributed by atoms with Gasteiger partial charge in [-0.3, -0.25) is 9.59 Å². The number of carbonyl (C=O) groups excluding carboxylic acids is 2. The summed E-state index contributed by atoms with van der Waals surface area (Å²) in [7, 11) is 0. The van der Waals surface area contributed by atoms with Crippen LogP contribution in [0, 0.1) is 0 Å². The van der Waals surface area contributed by atoms with E-state index in [0.29, 0.717) is 26.1 Å². The van der Waals surface area contributed by atoms with Crippen molar-refractivity contribution in [2.24, 2.45) is 0 Å². The summed E-state index contributed by atoms with van der Waals surface area (Å²) in [6.07, 6.45) is 5.96. The summed E-state index contributed by atoms with van der Waals surface area (Å²) in [5, 5.41) is 9.68. The van der Waals surface area contributed by atoms with Gasteiger partial charge in [-0.05, 0) is 50.8 Å². The predicted molar refractivity (Wildman–Crippen MR) is 158 cm³/mol. The van der Waals surface area contributed by atoms with Crippen molar-refractivity contribution in [2.45, 2.75) is 77.0 Å². The van der Waals surface area contributed by atoms with Gasteiger partial charge in [-0.15, -0.1) is 10.2 Å². The number of nitrogens with zero attached hydrogens (tertiary/aromatic N) is 5. The molecule has 1 aliphatic heterocycles. The van der Waals surface area contributed by atoms with E-state index in [4.69, 9.17) is 0 Å². The molecule has 2 heterocycles. The molecular formula is C31H41N5O2S. The third-order valence-electron chi connectivity index (χ3n) is 7.34. The lowest BCUT2D eigenvalue weighted by Crippen LogP contribution is -2.55. The van der Waals surface area contributed by atoms with Gasteiger partial charge >= 0.3 is 0 Å². The molecular weight excluding hydrogens is 506 g/mol. The molecule has 0 spiro atoms. The fraction of sp³-hybridized carbons (Fsp3) is 0.484. The Balaban J connectivity index is 1.22. The summed E-state index contributed by atoms with van der Waals surface area (Å²) in [4.78, 5) is 29.9. The van der Waals surface area contributed by atoms with Crippen molar-refractivity contribution in [1.82, 2.24) is 24.6 Å². The van der Waals surface area contributed by atoms with Gasteiger partial charge < -0.3 is 14.4 Å². The van der Waals surface area contributed by atoms with Crippen LogP contribution in [0.3, 0.4) is 0 Å². The molecule has 39 heavy (non-hydrogen) atoms. The van der Waals surface area contributed by atoms with E-state index in [9.17, 15) is 9.59 Å². The average molecular weight is 548 g/mol. The van der Waals surface area contributed by atoms with Crippen LogP contribution in [0.25, 0.3) is 11.4 Å². The minimum atomic E-state index is -0.00619. The minimum absolute atomic E-state index is 0.00619. The number of aryl methyl sites for hydroxylation is 1. The second-order valence-corrected chi connectivity index (χ2v) is 11.3. The van der Waals surface area contributed by atoms with Crippen molar-refractivity contribution >= 4 is 23.6 Å². The maximum absolute atomic E-state index is 13.2. The zero-order valence-corrected chi connectivity index (χ0v) is 24.3. The van der Waals surface area contributed by atoms with Gasteiger partial charge in [0.25, 0.3) is 5.91 Å². The molecule has 2 amide bonds. The van der Waals surface area contributed by atoms with Crippen molar-refractivity contribution in [1.29, 1.82) is 0 Å². The van der Waals surface area contributed by atoms with Crippen LogP contribution < -0.4 is 0 Å². The van der Waals surface area contributed by atoms with Gasteiger partial charge in [0.1, 0.15) is 0 Å². The second kappa shape index (κ2) is 14.3. The van der Waals surface area contributed by atoms with Crippen LogP contribution in [0.5, 0.6) is 0 Å². The number of amides is 2. The number of hydrogen-bond donors (Lipinski definition) is 0. The first-order valence-electron chi connectivity index (χ1n) is 14.3. The molecule has 0 radical (unpaired) electrons. The molecule has 1 saturated heterocycles. The van der Waals surface area contributed by atoms with E-state index in [1.54, 1.807) is 11.8 Å². The summed E-state index contributed by atoms with van der Waals surface area (Å²) in [6, 6.07) is 18.2. The lowest BCUT2D eigenvalue weighted by molar-refractivity contribution is -0.133. The lowest BCUT2D eigenvalue weighted by Gasteiger charge is -2.40. The van der Waals surface area contributed by atoms with E-state index in [1.807, 2.05) is 59.2 Å². The highest BCUT2D eigenvalue weighted by Crippen LogP contribution is 2.25. The van der Waals surface area contributed by atoms with Crippen molar-refractivity contribution in [3.63, 3.8) is 0 Å². The molecule has 4 rings (SSSR count). The maximum Gasteiger partial charge on any atom is 0.254 e. The normalized spacial score (nSPS) is 15.5. The van der Waals surface area contributed by atoms with E-state index in [2.05, 4.69) is 40.7 Å². The number of carbonyl (C=O) groups is 2. The Morgan fingerprint density at radius 3 is 2.41 bits per heavy atom. The zero-order valence-electron chi connectivity index (χ0n) is 23.5.